The molecule has 1 amide bonds. The molecule has 2 aromatic carbocycles. The summed E-state index contributed by atoms with van der Waals surface area (Å²) in [7, 11) is 1.63. The fraction of sp³-hybridized carbons (Fsp3) is 0.409. The molecular formula is C22H27NO3S2. The predicted molar refractivity (Wildman–Crippen MR) is 119 cm³/mol. The Morgan fingerprint density at radius 1 is 1.14 bits per heavy atom. The molecule has 6 heteroatoms. The van der Waals surface area contributed by atoms with Crippen LogP contribution in [0, 0.1) is 0 Å². The standard InChI is InChI=1S/C22H27NO3S2/c1-16(8-9-17-6-4-3-5-7-17)23-21(24)15-26-19-11-10-18(14-20(19)25-2)22-27-12-13-28-22/h3-7,10-11,14,16,22H,8-9,12-13,15H2,1-2H3,(H,23,24)/t16-/m0/s1. The third-order valence-electron chi connectivity index (χ3n) is 4.56. The van der Waals surface area contributed by atoms with Crippen LogP contribution in [0.1, 0.15) is 29.1 Å². The highest BCUT2D eigenvalue weighted by atomic mass is 32.2. The smallest absolute Gasteiger partial charge is 0.258 e. The Kier molecular flexibility index (Phi) is 7.98. The Morgan fingerprint density at radius 2 is 1.89 bits per heavy atom. The van der Waals surface area contributed by atoms with E-state index in [0.29, 0.717) is 16.1 Å². The van der Waals surface area contributed by atoms with Gasteiger partial charge >= 0.3 is 0 Å². The van der Waals surface area contributed by atoms with Gasteiger partial charge in [0.1, 0.15) is 0 Å². The molecule has 0 bridgehead atoms. The van der Waals surface area contributed by atoms with E-state index in [2.05, 4.69) is 23.5 Å². The Hall–Kier alpha value is -1.79. The number of aryl methyl sites for hydroxylation is 1. The highest BCUT2D eigenvalue weighted by molar-refractivity contribution is 8.19. The third-order valence-corrected chi connectivity index (χ3v) is 7.66. The average molecular weight is 418 g/mol. The number of ether oxygens (including phenoxy) is 2. The van der Waals surface area contributed by atoms with Gasteiger partial charge in [-0.3, -0.25) is 4.79 Å². The number of hydrogen-bond donors (Lipinski definition) is 1. The Morgan fingerprint density at radius 3 is 2.61 bits per heavy atom. The van der Waals surface area contributed by atoms with Crippen molar-refractivity contribution in [2.24, 2.45) is 0 Å². The molecule has 4 nitrogen and oxygen atoms in total. The van der Waals surface area contributed by atoms with Crippen molar-refractivity contribution in [3.8, 4) is 11.5 Å². The number of rotatable bonds is 9. The first kappa shape index (κ1) is 20.9. The molecule has 150 valence electrons. The fourth-order valence-electron chi connectivity index (χ4n) is 3.06. The number of thioether (sulfide) groups is 2. The van der Waals surface area contributed by atoms with Gasteiger partial charge in [-0.15, -0.1) is 23.5 Å². The molecule has 1 atom stereocenters. The highest BCUT2D eigenvalue weighted by Crippen LogP contribution is 2.46. The van der Waals surface area contributed by atoms with Gasteiger partial charge in [0.05, 0.1) is 11.7 Å². The zero-order valence-electron chi connectivity index (χ0n) is 16.4. The summed E-state index contributed by atoms with van der Waals surface area (Å²) in [5, 5.41) is 3.00. The summed E-state index contributed by atoms with van der Waals surface area (Å²) in [6.07, 6.45) is 1.83. The van der Waals surface area contributed by atoms with Crippen molar-refractivity contribution in [3.05, 3.63) is 59.7 Å². The zero-order valence-corrected chi connectivity index (χ0v) is 18.0. The number of nitrogens with one attached hydrogen (secondary N) is 1. The maximum absolute atomic E-state index is 12.2. The number of carbonyl (C=O) groups is 1. The normalized spacial score (nSPS) is 15.2. The second kappa shape index (κ2) is 10.7. The average Bonchev–Trinajstić information content (AvgIpc) is 3.26. The second-order valence-electron chi connectivity index (χ2n) is 6.77. The Bertz CT molecular complexity index is 764. The van der Waals surface area contributed by atoms with Crippen LogP contribution in [0.2, 0.25) is 0 Å². The summed E-state index contributed by atoms with van der Waals surface area (Å²) in [6.45, 7) is 2.01. The summed E-state index contributed by atoms with van der Waals surface area (Å²) in [6, 6.07) is 16.4. The molecule has 2 aromatic rings. The number of amides is 1. The van der Waals surface area contributed by atoms with E-state index in [1.807, 2.05) is 60.8 Å². The van der Waals surface area contributed by atoms with Crippen LogP contribution in [-0.2, 0) is 11.2 Å². The van der Waals surface area contributed by atoms with Crippen molar-refractivity contribution in [1.29, 1.82) is 0 Å². The van der Waals surface area contributed by atoms with Crippen LogP contribution in [0.4, 0.5) is 0 Å². The SMILES string of the molecule is COc1cc(C2SCCS2)ccc1OCC(=O)N[C@@H](C)CCc1ccccc1. The lowest BCUT2D eigenvalue weighted by Gasteiger charge is -2.16. The molecule has 1 aliphatic rings. The molecule has 28 heavy (non-hydrogen) atoms. The minimum Gasteiger partial charge on any atom is -0.493 e. The molecule has 0 radical (unpaired) electrons. The first-order chi connectivity index (χ1) is 13.7. The van der Waals surface area contributed by atoms with Crippen molar-refractivity contribution >= 4 is 29.4 Å². The Labute approximate surface area is 175 Å². The van der Waals surface area contributed by atoms with Crippen LogP contribution in [0.5, 0.6) is 11.5 Å². The topological polar surface area (TPSA) is 47.6 Å². The van der Waals surface area contributed by atoms with Gasteiger partial charge in [0.15, 0.2) is 18.1 Å². The lowest BCUT2D eigenvalue weighted by molar-refractivity contribution is -0.123. The van der Waals surface area contributed by atoms with E-state index in [4.69, 9.17) is 9.47 Å². The molecule has 0 aliphatic carbocycles. The molecule has 1 aliphatic heterocycles. The van der Waals surface area contributed by atoms with Crippen LogP contribution in [-0.4, -0.2) is 37.2 Å². The minimum atomic E-state index is -0.117. The summed E-state index contributed by atoms with van der Waals surface area (Å²) in [4.78, 5) is 12.2. The highest BCUT2D eigenvalue weighted by Gasteiger charge is 2.20. The van der Waals surface area contributed by atoms with Gasteiger partial charge in [-0.2, -0.15) is 0 Å². The number of methoxy groups -OCH3 is 1. The van der Waals surface area contributed by atoms with Crippen molar-refractivity contribution in [1.82, 2.24) is 5.32 Å². The molecule has 1 heterocycles. The van der Waals surface area contributed by atoms with Gasteiger partial charge in [0, 0.05) is 17.5 Å². The summed E-state index contributed by atoms with van der Waals surface area (Å²) >= 11 is 3.90. The van der Waals surface area contributed by atoms with E-state index in [9.17, 15) is 4.79 Å². The van der Waals surface area contributed by atoms with Crippen LogP contribution >= 0.6 is 23.5 Å². The molecule has 0 aromatic heterocycles. The van der Waals surface area contributed by atoms with Gasteiger partial charge in [-0.1, -0.05) is 36.4 Å². The lowest BCUT2D eigenvalue weighted by atomic mass is 10.1. The van der Waals surface area contributed by atoms with E-state index in [1.54, 1.807) is 7.11 Å². The van der Waals surface area contributed by atoms with Gasteiger partial charge in [0.2, 0.25) is 0 Å². The van der Waals surface area contributed by atoms with E-state index in [1.165, 1.54) is 22.6 Å². The summed E-state index contributed by atoms with van der Waals surface area (Å²) in [5.41, 5.74) is 2.51. The molecule has 3 rings (SSSR count). The van der Waals surface area contributed by atoms with Crippen LogP contribution in [0.25, 0.3) is 0 Å². The summed E-state index contributed by atoms with van der Waals surface area (Å²) < 4.78 is 11.6. The van der Waals surface area contributed by atoms with Crippen molar-refractivity contribution in [3.63, 3.8) is 0 Å². The molecule has 1 N–H and O–H groups in total. The largest absolute Gasteiger partial charge is 0.493 e. The van der Waals surface area contributed by atoms with Gasteiger partial charge in [-0.25, -0.2) is 0 Å². The molecular weight excluding hydrogens is 390 g/mol. The molecule has 0 unspecified atom stereocenters. The maximum atomic E-state index is 12.2. The molecule has 1 fully saturated rings. The van der Waals surface area contributed by atoms with E-state index in [0.717, 1.165) is 12.8 Å². The predicted octanol–water partition coefficient (Wildman–Crippen LogP) is 4.69. The maximum Gasteiger partial charge on any atom is 0.258 e. The fourth-order valence-corrected chi connectivity index (χ4v) is 5.90. The van der Waals surface area contributed by atoms with E-state index >= 15 is 0 Å². The van der Waals surface area contributed by atoms with Gasteiger partial charge < -0.3 is 14.8 Å². The van der Waals surface area contributed by atoms with Gasteiger partial charge in [-0.05, 0) is 43.0 Å². The molecule has 1 saturated heterocycles. The van der Waals surface area contributed by atoms with E-state index < -0.39 is 0 Å². The van der Waals surface area contributed by atoms with Gasteiger partial charge in [0.25, 0.3) is 5.91 Å². The second-order valence-corrected chi connectivity index (χ2v) is 9.49. The van der Waals surface area contributed by atoms with Crippen LogP contribution in [0.15, 0.2) is 48.5 Å². The number of benzene rings is 2. The summed E-state index contributed by atoms with van der Waals surface area (Å²) in [5.74, 6) is 3.52. The van der Waals surface area contributed by atoms with Crippen molar-refractivity contribution < 1.29 is 14.3 Å². The van der Waals surface area contributed by atoms with Crippen molar-refractivity contribution in [2.75, 3.05) is 25.2 Å². The zero-order chi connectivity index (χ0) is 19.8. The number of carbonyl (C=O) groups excluding carboxylic acids is 1. The minimum absolute atomic E-state index is 0.0156. The van der Waals surface area contributed by atoms with E-state index in [-0.39, 0.29) is 18.6 Å². The van der Waals surface area contributed by atoms with Crippen LogP contribution in [0.3, 0.4) is 0 Å². The lowest BCUT2D eigenvalue weighted by Crippen LogP contribution is -2.36. The molecule has 0 spiro atoms. The molecule has 0 saturated carbocycles. The van der Waals surface area contributed by atoms with Crippen molar-refractivity contribution in [2.45, 2.75) is 30.4 Å². The first-order valence-corrected chi connectivity index (χ1v) is 11.6. The van der Waals surface area contributed by atoms with Crippen LogP contribution < -0.4 is 14.8 Å². The Balaban J connectivity index is 1.46. The third kappa shape index (κ3) is 6.11. The quantitative estimate of drug-likeness (QED) is 0.641. The number of hydrogen-bond acceptors (Lipinski definition) is 5. The monoisotopic (exact) mass is 417 g/mol. The first-order valence-electron chi connectivity index (χ1n) is 9.53.